The second-order valence-corrected chi connectivity index (χ2v) is 6.97. The number of halogens is 1. The molecule has 2 aromatic carbocycles. The second-order valence-electron chi connectivity index (χ2n) is 6.11. The predicted octanol–water partition coefficient (Wildman–Crippen LogP) is 3.92. The van der Waals surface area contributed by atoms with E-state index in [4.69, 9.17) is 9.47 Å². The van der Waals surface area contributed by atoms with E-state index in [0.717, 1.165) is 11.1 Å². The zero-order valence-electron chi connectivity index (χ0n) is 16.1. The third-order valence-electron chi connectivity index (χ3n) is 3.88. The number of amides is 1. The largest absolute Gasteiger partial charge is 0.490 e. The summed E-state index contributed by atoms with van der Waals surface area (Å²) in [7, 11) is 1.74. The normalized spacial score (nSPS) is 10.9. The Bertz CT molecular complexity index is 1000. The van der Waals surface area contributed by atoms with Gasteiger partial charge in [0.2, 0.25) is 0 Å². The topological polar surface area (TPSA) is 77.7 Å². The molecule has 0 aliphatic carbocycles. The molecular weight excluding hydrogens is 436 g/mol. The molecule has 0 unspecified atom stereocenters. The summed E-state index contributed by atoms with van der Waals surface area (Å²) >= 11 is 3.29. The Morgan fingerprint density at radius 1 is 1.21 bits per heavy atom. The van der Waals surface area contributed by atoms with Crippen LogP contribution in [0, 0.1) is 0 Å². The van der Waals surface area contributed by atoms with Gasteiger partial charge in [0.15, 0.2) is 17.2 Å². The van der Waals surface area contributed by atoms with Crippen molar-refractivity contribution in [3.8, 4) is 11.5 Å². The number of nitrogens with one attached hydrogen (secondary N) is 1. The van der Waals surface area contributed by atoms with Crippen molar-refractivity contribution in [2.24, 2.45) is 12.1 Å². The lowest BCUT2D eigenvalue weighted by Crippen LogP contribution is -2.19. The van der Waals surface area contributed by atoms with Crippen LogP contribution < -0.4 is 14.9 Å². The Morgan fingerprint density at radius 2 is 2.00 bits per heavy atom. The van der Waals surface area contributed by atoms with E-state index >= 15 is 0 Å². The molecule has 0 spiro atoms. The molecule has 0 radical (unpaired) electrons. The lowest BCUT2D eigenvalue weighted by Gasteiger charge is -2.12. The minimum atomic E-state index is -0.401. The molecule has 0 bridgehead atoms. The first-order valence-corrected chi connectivity index (χ1v) is 9.82. The summed E-state index contributed by atoms with van der Waals surface area (Å²) in [6, 6.07) is 15.4. The molecule has 1 amide bonds. The van der Waals surface area contributed by atoms with Gasteiger partial charge in [-0.25, -0.2) is 5.43 Å². The summed E-state index contributed by atoms with van der Waals surface area (Å²) < 4.78 is 13.7. The Labute approximate surface area is 177 Å². The molecular formula is C21H21BrN4O3. The van der Waals surface area contributed by atoms with E-state index in [1.165, 1.54) is 6.21 Å². The van der Waals surface area contributed by atoms with Gasteiger partial charge in [-0.1, -0.05) is 30.3 Å². The van der Waals surface area contributed by atoms with Crippen LogP contribution in [0.2, 0.25) is 0 Å². The lowest BCUT2D eigenvalue weighted by molar-refractivity contribution is 0.0948. The fraction of sp³-hybridized carbons (Fsp3) is 0.190. The number of hydrogen-bond donors (Lipinski definition) is 1. The summed E-state index contributed by atoms with van der Waals surface area (Å²) in [5, 5.41) is 8.08. The molecule has 0 fully saturated rings. The molecule has 0 aliphatic rings. The zero-order valence-corrected chi connectivity index (χ0v) is 17.7. The number of aromatic nitrogens is 2. The highest BCUT2D eigenvalue weighted by atomic mass is 79.9. The van der Waals surface area contributed by atoms with Crippen molar-refractivity contribution in [1.82, 2.24) is 15.2 Å². The highest BCUT2D eigenvalue weighted by Gasteiger charge is 2.13. The van der Waals surface area contributed by atoms with Gasteiger partial charge in [0.1, 0.15) is 6.61 Å². The first-order chi connectivity index (χ1) is 14.1. The predicted molar refractivity (Wildman–Crippen MR) is 114 cm³/mol. The maximum absolute atomic E-state index is 12.1. The molecule has 0 saturated heterocycles. The number of nitrogens with zero attached hydrogens (tertiary/aromatic N) is 3. The molecule has 3 aromatic rings. The number of benzene rings is 2. The number of carbonyl (C=O) groups is 1. The van der Waals surface area contributed by atoms with Crippen LogP contribution in [0.3, 0.4) is 0 Å². The summed E-state index contributed by atoms with van der Waals surface area (Å²) in [6.07, 6.45) is 3.24. The molecule has 150 valence electrons. The van der Waals surface area contributed by atoms with E-state index in [1.54, 1.807) is 17.9 Å². The van der Waals surface area contributed by atoms with Crippen LogP contribution in [0.4, 0.5) is 0 Å². The quantitative estimate of drug-likeness (QED) is 0.411. The molecule has 8 heteroatoms. The average molecular weight is 457 g/mol. The van der Waals surface area contributed by atoms with Crippen molar-refractivity contribution >= 4 is 28.1 Å². The fourth-order valence-corrected chi connectivity index (χ4v) is 3.12. The van der Waals surface area contributed by atoms with Gasteiger partial charge in [-0.3, -0.25) is 9.48 Å². The molecule has 29 heavy (non-hydrogen) atoms. The molecule has 0 aliphatic heterocycles. The van der Waals surface area contributed by atoms with Crippen molar-refractivity contribution in [2.45, 2.75) is 13.5 Å². The van der Waals surface area contributed by atoms with E-state index in [1.807, 2.05) is 55.5 Å². The maximum Gasteiger partial charge on any atom is 0.293 e. The van der Waals surface area contributed by atoms with Crippen molar-refractivity contribution in [3.63, 3.8) is 0 Å². The molecule has 1 aromatic heterocycles. The van der Waals surface area contributed by atoms with Gasteiger partial charge >= 0.3 is 0 Å². The third kappa shape index (κ3) is 5.68. The Morgan fingerprint density at radius 3 is 2.69 bits per heavy atom. The van der Waals surface area contributed by atoms with Gasteiger partial charge in [0.05, 0.1) is 17.3 Å². The number of aryl methyl sites for hydroxylation is 1. The summed E-state index contributed by atoms with van der Waals surface area (Å²) in [5.41, 5.74) is 4.57. The highest BCUT2D eigenvalue weighted by Crippen LogP contribution is 2.29. The van der Waals surface area contributed by atoms with Crippen molar-refractivity contribution in [2.75, 3.05) is 6.61 Å². The molecule has 3 rings (SSSR count). The molecule has 1 heterocycles. The summed E-state index contributed by atoms with van der Waals surface area (Å²) in [5.74, 6) is 0.863. The Hall–Kier alpha value is -3.13. The zero-order chi connectivity index (χ0) is 20.6. The Kier molecular flexibility index (Phi) is 7.02. The third-order valence-corrected chi connectivity index (χ3v) is 4.46. The van der Waals surface area contributed by atoms with Crippen LogP contribution >= 0.6 is 15.9 Å². The number of rotatable bonds is 8. The first kappa shape index (κ1) is 20.6. The van der Waals surface area contributed by atoms with Gasteiger partial charge in [0, 0.05) is 13.2 Å². The second kappa shape index (κ2) is 9.88. The van der Waals surface area contributed by atoms with Crippen LogP contribution in [-0.4, -0.2) is 28.5 Å². The molecule has 0 saturated carbocycles. The van der Waals surface area contributed by atoms with Crippen LogP contribution in [-0.2, 0) is 13.7 Å². The Balaban J connectivity index is 1.66. The fourth-order valence-electron chi connectivity index (χ4n) is 2.56. The molecule has 0 atom stereocenters. The standard InChI is InChI=1S/C21H21BrN4O3/c1-3-28-19-11-16(9-10-18(19)29-14-15-7-5-4-6-8-15)12-23-24-21(27)20-17(22)13-26(2)25-20/h4-13H,3,14H2,1-2H3,(H,24,27)/b23-12-. The van der Waals surface area contributed by atoms with Gasteiger partial charge in [-0.2, -0.15) is 10.2 Å². The first-order valence-electron chi connectivity index (χ1n) is 9.03. The van der Waals surface area contributed by atoms with E-state index in [0.29, 0.717) is 29.2 Å². The maximum atomic E-state index is 12.1. The van der Waals surface area contributed by atoms with E-state index in [2.05, 4.69) is 31.6 Å². The van der Waals surface area contributed by atoms with E-state index in [9.17, 15) is 4.79 Å². The van der Waals surface area contributed by atoms with Crippen molar-refractivity contribution in [3.05, 3.63) is 76.0 Å². The number of hydrazone groups is 1. The minimum Gasteiger partial charge on any atom is -0.490 e. The van der Waals surface area contributed by atoms with Gasteiger partial charge in [-0.05, 0) is 52.2 Å². The van der Waals surface area contributed by atoms with Crippen LogP contribution in [0.15, 0.2) is 64.3 Å². The van der Waals surface area contributed by atoms with Gasteiger partial charge < -0.3 is 9.47 Å². The SMILES string of the molecule is CCOc1cc(/C=N\NC(=O)c2nn(C)cc2Br)ccc1OCc1ccccc1. The van der Waals surface area contributed by atoms with Gasteiger partial charge in [-0.15, -0.1) is 0 Å². The number of ether oxygens (including phenoxy) is 2. The summed E-state index contributed by atoms with van der Waals surface area (Å²) in [4.78, 5) is 12.1. The monoisotopic (exact) mass is 456 g/mol. The van der Waals surface area contributed by atoms with E-state index < -0.39 is 5.91 Å². The van der Waals surface area contributed by atoms with Crippen LogP contribution in [0.1, 0.15) is 28.5 Å². The van der Waals surface area contributed by atoms with E-state index in [-0.39, 0.29) is 5.69 Å². The summed E-state index contributed by atoms with van der Waals surface area (Å²) in [6.45, 7) is 2.86. The lowest BCUT2D eigenvalue weighted by atomic mass is 10.2. The highest BCUT2D eigenvalue weighted by molar-refractivity contribution is 9.10. The smallest absolute Gasteiger partial charge is 0.293 e. The van der Waals surface area contributed by atoms with Crippen molar-refractivity contribution < 1.29 is 14.3 Å². The molecule has 7 nitrogen and oxygen atoms in total. The minimum absolute atomic E-state index is 0.268. The number of carbonyl (C=O) groups excluding carboxylic acids is 1. The van der Waals surface area contributed by atoms with Crippen molar-refractivity contribution in [1.29, 1.82) is 0 Å². The number of hydrogen-bond acceptors (Lipinski definition) is 5. The van der Waals surface area contributed by atoms with Crippen LogP contribution in [0.5, 0.6) is 11.5 Å². The molecule has 1 N–H and O–H groups in total. The van der Waals surface area contributed by atoms with Crippen LogP contribution in [0.25, 0.3) is 0 Å². The van der Waals surface area contributed by atoms with Gasteiger partial charge in [0.25, 0.3) is 5.91 Å². The average Bonchev–Trinajstić information content (AvgIpc) is 3.06.